The van der Waals surface area contributed by atoms with E-state index in [0.29, 0.717) is 5.92 Å². The molecule has 0 radical (unpaired) electrons. The van der Waals surface area contributed by atoms with Crippen LogP contribution in [0.4, 0.5) is 0 Å². The van der Waals surface area contributed by atoms with Gasteiger partial charge in [-0.15, -0.1) is 0 Å². The topological polar surface area (TPSA) is 55.1 Å². The Bertz CT molecular complexity index is 181. The highest BCUT2D eigenvalue weighted by atomic mass is 16.1. The van der Waals surface area contributed by atoms with Crippen LogP contribution in [0.25, 0.3) is 0 Å². The van der Waals surface area contributed by atoms with Gasteiger partial charge in [0.2, 0.25) is 5.91 Å². The van der Waals surface area contributed by atoms with Crippen LogP contribution in [0.2, 0.25) is 0 Å². The van der Waals surface area contributed by atoms with E-state index in [2.05, 4.69) is 12.2 Å². The van der Waals surface area contributed by atoms with E-state index >= 15 is 0 Å². The average Bonchev–Trinajstić information content (AvgIpc) is 2.34. The molecular weight excluding hydrogens is 152 g/mol. The molecule has 3 heteroatoms. The molecule has 1 fully saturated rings. The average molecular weight is 170 g/mol. The maximum absolute atomic E-state index is 11.3. The summed E-state index contributed by atoms with van der Waals surface area (Å²) in [6.07, 6.45) is 3.12. The molecule has 0 spiro atoms. The highest BCUT2D eigenvalue weighted by Crippen LogP contribution is 2.34. The van der Waals surface area contributed by atoms with Gasteiger partial charge >= 0.3 is 0 Å². The minimum atomic E-state index is -0.408. The number of carbonyl (C=O) groups excluding carboxylic acids is 1. The van der Waals surface area contributed by atoms with Crippen molar-refractivity contribution < 1.29 is 4.79 Å². The standard InChI is InChI=1S/C9H18N2O/c1-3-11-9(8(10)12)6-4-5-7(9)2/h7,11H,3-6H2,1-2H3,(H2,10,12). The van der Waals surface area contributed by atoms with Gasteiger partial charge in [-0.1, -0.05) is 20.3 Å². The molecule has 1 amide bonds. The number of nitrogens with one attached hydrogen (secondary N) is 1. The van der Waals surface area contributed by atoms with Crippen LogP contribution in [-0.4, -0.2) is 18.0 Å². The molecule has 1 rings (SSSR count). The minimum Gasteiger partial charge on any atom is -0.368 e. The van der Waals surface area contributed by atoms with Gasteiger partial charge in [0.15, 0.2) is 0 Å². The Morgan fingerprint density at radius 3 is 2.75 bits per heavy atom. The summed E-state index contributed by atoms with van der Waals surface area (Å²) in [6, 6.07) is 0. The van der Waals surface area contributed by atoms with E-state index in [4.69, 9.17) is 5.73 Å². The monoisotopic (exact) mass is 170 g/mol. The fourth-order valence-electron chi connectivity index (χ4n) is 2.21. The van der Waals surface area contributed by atoms with E-state index in [0.717, 1.165) is 25.8 Å². The lowest BCUT2D eigenvalue weighted by molar-refractivity contribution is -0.125. The molecule has 12 heavy (non-hydrogen) atoms. The first kappa shape index (κ1) is 9.52. The number of hydrogen-bond donors (Lipinski definition) is 2. The highest BCUT2D eigenvalue weighted by molar-refractivity contribution is 5.85. The molecule has 1 saturated carbocycles. The third kappa shape index (κ3) is 1.33. The summed E-state index contributed by atoms with van der Waals surface area (Å²) in [6.45, 7) is 4.92. The summed E-state index contributed by atoms with van der Waals surface area (Å²) in [5.74, 6) is 0.198. The van der Waals surface area contributed by atoms with Crippen LogP contribution in [0, 0.1) is 5.92 Å². The van der Waals surface area contributed by atoms with Gasteiger partial charge in [0.1, 0.15) is 5.54 Å². The van der Waals surface area contributed by atoms with Crippen LogP contribution in [0.1, 0.15) is 33.1 Å². The molecule has 0 heterocycles. The third-order valence-electron chi connectivity index (χ3n) is 2.98. The van der Waals surface area contributed by atoms with Crippen LogP contribution in [0.5, 0.6) is 0 Å². The first-order chi connectivity index (χ1) is 5.63. The summed E-state index contributed by atoms with van der Waals surface area (Å²) in [5.41, 5.74) is 5.00. The first-order valence-corrected chi connectivity index (χ1v) is 4.68. The number of hydrogen-bond acceptors (Lipinski definition) is 2. The number of nitrogens with two attached hydrogens (primary N) is 1. The van der Waals surface area contributed by atoms with Gasteiger partial charge in [0, 0.05) is 0 Å². The molecule has 0 aromatic carbocycles. The number of carbonyl (C=O) groups is 1. The van der Waals surface area contributed by atoms with E-state index in [-0.39, 0.29) is 5.91 Å². The zero-order chi connectivity index (χ0) is 9.19. The van der Waals surface area contributed by atoms with Crippen molar-refractivity contribution in [3.05, 3.63) is 0 Å². The molecule has 0 bridgehead atoms. The lowest BCUT2D eigenvalue weighted by atomic mass is 9.87. The second kappa shape index (κ2) is 3.44. The van der Waals surface area contributed by atoms with Crippen molar-refractivity contribution in [1.82, 2.24) is 5.32 Å². The molecule has 1 aliphatic rings. The van der Waals surface area contributed by atoms with Gasteiger partial charge in [-0.3, -0.25) is 4.79 Å². The second-order valence-corrected chi connectivity index (χ2v) is 3.66. The van der Waals surface area contributed by atoms with Crippen molar-refractivity contribution >= 4 is 5.91 Å². The van der Waals surface area contributed by atoms with Crippen molar-refractivity contribution in [3.8, 4) is 0 Å². The smallest absolute Gasteiger partial charge is 0.238 e. The molecule has 0 saturated heterocycles. The van der Waals surface area contributed by atoms with Gasteiger partial charge in [-0.05, 0) is 25.3 Å². The maximum atomic E-state index is 11.3. The lowest BCUT2D eigenvalue weighted by Gasteiger charge is -2.31. The predicted octanol–water partition coefficient (Wildman–Crippen LogP) is 0.640. The number of amides is 1. The Hall–Kier alpha value is -0.570. The number of likely N-dealkylation sites (N-methyl/N-ethyl adjacent to an activating group) is 1. The minimum absolute atomic E-state index is 0.186. The molecular formula is C9H18N2O. The molecule has 0 aromatic rings. The van der Waals surface area contributed by atoms with E-state index in [1.165, 1.54) is 0 Å². The Morgan fingerprint density at radius 2 is 2.42 bits per heavy atom. The summed E-state index contributed by atoms with van der Waals surface area (Å²) >= 11 is 0. The van der Waals surface area contributed by atoms with Crippen molar-refractivity contribution in [2.24, 2.45) is 11.7 Å². The van der Waals surface area contributed by atoms with Crippen LogP contribution in [-0.2, 0) is 4.79 Å². The van der Waals surface area contributed by atoms with Crippen LogP contribution in [0.3, 0.4) is 0 Å². The van der Waals surface area contributed by atoms with Crippen molar-refractivity contribution in [1.29, 1.82) is 0 Å². The molecule has 2 unspecified atom stereocenters. The summed E-state index contributed by atoms with van der Waals surface area (Å²) in [7, 11) is 0. The van der Waals surface area contributed by atoms with Gasteiger partial charge in [-0.2, -0.15) is 0 Å². The quantitative estimate of drug-likeness (QED) is 0.653. The highest BCUT2D eigenvalue weighted by Gasteiger charge is 2.44. The van der Waals surface area contributed by atoms with Gasteiger partial charge in [0.05, 0.1) is 0 Å². The Labute approximate surface area is 73.7 Å². The van der Waals surface area contributed by atoms with Crippen molar-refractivity contribution in [2.75, 3.05) is 6.54 Å². The summed E-state index contributed by atoms with van der Waals surface area (Å²) < 4.78 is 0. The van der Waals surface area contributed by atoms with Crippen LogP contribution < -0.4 is 11.1 Å². The molecule has 3 nitrogen and oxygen atoms in total. The third-order valence-corrected chi connectivity index (χ3v) is 2.98. The summed E-state index contributed by atoms with van der Waals surface area (Å²) in [4.78, 5) is 11.3. The van der Waals surface area contributed by atoms with Crippen molar-refractivity contribution in [2.45, 2.75) is 38.6 Å². The fourth-order valence-corrected chi connectivity index (χ4v) is 2.21. The second-order valence-electron chi connectivity index (χ2n) is 3.66. The Kier molecular flexibility index (Phi) is 2.73. The number of rotatable bonds is 3. The van der Waals surface area contributed by atoms with Gasteiger partial charge in [0.25, 0.3) is 0 Å². The fraction of sp³-hybridized carbons (Fsp3) is 0.889. The van der Waals surface area contributed by atoms with Crippen molar-refractivity contribution in [3.63, 3.8) is 0 Å². The van der Waals surface area contributed by atoms with E-state index in [1.807, 2.05) is 6.92 Å². The van der Waals surface area contributed by atoms with Crippen LogP contribution in [0.15, 0.2) is 0 Å². The molecule has 0 aromatic heterocycles. The van der Waals surface area contributed by atoms with Gasteiger partial charge in [-0.25, -0.2) is 0 Å². The maximum Gasteiger partial charge on any atom is 0.238 e. The molecule has 0 aliphatic heterocycles. The summed E-state index contributed by atoms with van der Waals surface area (Å²) in [5, 5.41) is 3.23. The Balaban J connectivity index is 2.77. The van der Waals surface area contributed by atoms with Crippen LogP contribution >= 0.6 is 0 Å². The van der Waals surface area contributed by atoms with E-state index < -0.39 is 5.54 Å². The Morgan fingerprint density at radius 1 is 1.75 bits per heavy atom. The molecule has 70 valence electrons. The molecule has 2 atom stereocenters. The normalized spacial score (nSPS) is 35.3. The largest absolute Gasteiger partial charge is 0.368 e. The first-order valence-electron chi connectivity index (χ1n) is 4.68. The SMILES string of the molecule is CCNC1(C(N)=O)CCCC1C. The van der Waals surface area contributed by atoms with Gasteiger partial charge < -0.3 is 11.1 Å². The lowest BCUT2D eigenvalue weighted by Crippen LogP contribution is -2.57. The van der Waals surface area contributed by atoms with E-state index in [1.54, 1.807) is 0 Å². The predicted molar refractivity (Wildman–Crippen MR) is 48.6 cm³/mol. The number of primary amides is 1. The molecule has 3 N–H and O–H groups in total. The van der Waals surface area contributed by atoms with E-state index in [9.17, 15) is 4.79 Å². The molecule has 1 aliphatic carbocycles. The zero-order valence-corrected chi connectivity index (χ0v) is 7.89. The zero-order valence-electron chi connectivity index (χ0n) is 7.89.